The first kappa shape index (κ1) is 13.8. The van der Waals surface area contributed by atoms with Gasteiger partial charge >= 0.3 is 0 Å². The summed E-state index contributed by atoms with van der Waals surface area (Å²) >= 11 is 0. The second-order valence-corrected chi connectivity index (χ2v) is 4.47. The molecule has 0 saturated heterocycles. The van der Waals surface area contributed by atoms with Crippen molar-refractivity contribution in [3.05, 3.63) is 24.2 Å². The molecule has 0 fully saturated rings. The van der Waals surface area contributed by atoms with Crippen LogP contribution in [0.4, 0.5) is 5.82 Å². The summed E-state index contributed by atoms with van der Waals surface area (Å²) in [6.07, 6.45) is 8.63. The smallest absolute Gasteiger partial charge is 0.127 e. The van der Waals surface area contributed by atoms with E-state index in [2.05, 4.69) is 30.0 Å². The topological polar surface area (TPSA) is 43.8 Å². The Hall–Kier alpha value is -1.25. The number of rotatable bonds is 8. The molecule has 0 unspecified atom stereocenters. The van der Waals surface area contributed by atoms with Crippen LogP contribution in [0.15, 0.2) is 12.7 Å². The fraction of sp³-hybridized carbons (Fsp3) is 0.643. The number of anilines is 1. The normalized spacial score (nSPS) is 10.7. The predicted octanol–water partition coefficient (Wildman–Crippen LogP) is 3.34. The second kappa shape index (κ2) is 7.15. The first-order valence-electron chi connectivity index (χ1n) is 6.69. The summed E-state index contributed by atoms with van der Waals surface area (Å²) < 4.78 is 2.10. The van der Waals surface area contributed by atoms with E-state index < -0.39 is 0 Å². The maximum Gasteiger partial charge on any atom is 0.127 e. The van der Waals surface area contributed by atoms with E-state index in [1.54, 1.807) is 0 Å². The van der Waals surface area contributed by atoms with Crippen molar-refractivity contribution in [2.24, 2.45) is 0 Å². The number of nitrogens with two attached hydrogens (primary N) is 1. The van der Waals surface area contributed by atoms with E-state index in [0.717, 1.165) is 43.1 Å². The summed E-state index contributed by atoms with van der Waals surface area (Å²) in [7, 11) is 0. The first-order valence-corrected chi connectivity index (χ1v) is 6.69. The Kier molecular flexibility index (Phi) is 5.81. The summed E-state index contributed by atoms with van der Waals surface area (Å²) in [4.78, 5) is 4.68. The van der Waals surface area contributed by atoms with E-state index in [1.165, 1.54) is 19.3 Å². The number of unbranched alkanes of at least 4 members (excludes halogenated alkanes) is 2. The highest BCUT2D eigenvalue weighted by atomic mass is 15.1. The molecule has 0 amide bonds. The number of hydrogen-bond acceptors (Lipinski definition) is 2. The second-order valence-electron chi connectivity index (χ2n) is 4.47. The van der Waals surface area contributed by atoms with E-state index in [9.17, 15) is 0 Å². The first-order chi connectivity index (χ1) is 8.24. The monoisotopic (exact) mass is 235 g/mol. The number of hydrogen-bond donors (Lipinski definition) is 1. The van der Waals surface area contributed by atoms with E-state index in [4.69, 9.17) is 5.73 Å². The molecule has 96 valence electrons. The molecule has 0 spiro atoms. The summed E-state index contributed by atoms with van der Waals surface area (Å²) in [5.74, 6) is 1.95. The van der Waals surface area contributed by atoms with Crippen molar-refractivity contribution < 1.29 is 0 Å². The van der Waals surface area contributed by atoms with Gasteiger partial charge in [0, 0.05) is 13.0 Å². The molecule has 3 heteroatoms. The molecule has 0 aliphatic heterocycles. The molecule has 0 atom stereocenters. The fourth-order valence-corrected chi connectivity index (χ4v) is 2.04. The average molecular weight is 235 g/mol. The van der Waals surface area contributed by atoms with Gasteiger partial charge in [-0.1, -0.05) is 32.8 Å². The van der Waals surface area contributed by atoms with Gasteiger partial charge in [-0.25, -0.2) is 4.98 Å². The van der Waals surface area contributed by atoms with Crippen LogP contribution in [0.2, 0.25) is 0 Å². The van der Waals surface area contributed by atoms with Gasteiger partial charge in [-0.15, -0.1) is 6.58 Å². The Morgan fingerprint density at radius 1 is 1.24 bits per heavy atom. The SMILES string of the molecule is C=CCn1c(CCC)nc(CCCCC)c1N. The summed E-state index contributed by atoms with van der Waals surface area (Å²) in [5, 5.41) is 0. The number of aryl methyl sites for hydroxylation is 2. The summed E-state index contributed by atoms with van der Waals surface area (Å²) in [5.41, 5.74) is 7.23. The molecule has 0 bridgehead atoms. The Morgan fingerprint density at radius 3 is 2.59 bits per heavy atom. The summed E-state index contributed by atoms with van der Waals surface area (Å²) in [6.45, 7) is 8.92. The fourth-order valence-electron chi connectivity index (χ4n) is 2.04. The van der Waals surface area contributed by atoms with E-state index in [-0.39, 0.29) is 0 Å². The number of nitrogen functional groups attached to an aromatic ring is 1. The van der Waals surface area contributed by atoms with Crippen LogP contribution in [0.3, 0.4) is 0 Å². The third-order valence-corrected chi connectivity index (χ3v) is 2.96. The molecule has 2 N–H and O–H groups in total. The van der Waals surface area contributed by atoms with Crippen molar-refractivity contribution in [2.45, 2.75) is 58.9 Å². The maximum atomic E-state index is 6.16. The van der Waals surface area contributed by atoms with Crippen LogP contribution in [-0.2, 0) is 19.4 Å². The standard InChI is InChI=1S/C14H25N3/c1-4-7-8-10-12-14(15)17(11-6-3)13(16-12)9-5-2/h6H,3-5,7-11,15H2,1-2H3. The van der Waals surface area contributed by atoms with Crippen LogP contribution in [-0.4, -0.2) is 9.55 Å². The lowest BCUT2D eigenvalue weighted by atomic mass is 10.1. The summed E-state index contributed by atoms with van der Waals surface area (Å²) in [6, 6.07) is 0. The van der Waals surface area contributed by atoms with Gasteiger partial charge in [0.1, 0.15) is 11.6 Å². The Balaban J connectivity index is 2.82. The van der Waals surface area contributed by atoms with Gasteiger partial charge in [0.05, 0.1) is 5.69 Å². The van der Waals surface area contributed by atoms with Crippen LogP contribution in [0, 0.1) is 0 Å². The lowest BCUT2D eigenvalue weighted by Crippen LogP contribution is -2.06. The molecule has 1 heterocycles. The highest BCUT2D eigenvalue weighted by Crippen LogP contribution is 2.18. The van der Waals surface area contributed by atoms with Gasteiger partial charge in [0.25, 0.3) is 0 Å². The number of imidazole rings is 1. The zero-order chi connectivity index (χ0) is 12.7. The van der Waals surface area contributed by atoms with Gasteiger partial charge in [-0.2, -0.15) is 0 Å². The minimum absolute atomic E-state index is 0.766. The molecule has 0 saturated carbocycles. The number of allylic oxidation sites excluding steroid dienone is 1. The molecular formula is C14H25N3. The molecule has 0 radical (unpaired) electrons. The zero-order valence-electron chi connectivity index (χ0n) is 11.2. The molecule has 0 aliphatic carbocycles. The molecule has 0 aromatic carbocycles. The van der Waals surface area contributed by atoms with E-state index in [1.807, 2.05) is 6.08 Å². The Bertz CT molecular complexity index is 353. The van der Waals surface area contributed by atoms with Crippen molar-refractivity contribution in [2.75, 3.05) is 5.73 Å². The number of aromatic nitrogens is 2. The minimum atomic E-state index is 0.766. The van der Waals surface area contributed by atoms with Crippen molar-refractivity contribution in [1.82, 2.24) is 9.55 Å². The zero-order valence-corrected chi connectivity index (χ0v) is 11.2. The van der Waals surface area contributed by atoms with Gasteiger partial charge in [0.15, 0.2) is 0 Å². The average Bonchev–Trinajstić information content (AvgIpc) is 2.59. The molecule has 1 aromatic rings. The molecule has 0 aliphatic rings. The minimum Gasteiger partial charge on any atom is -0.384 e. The van der Waals surface area contributed by atoms with E-state index in [0.29, 0.717) is 0 Å². The lowest BCUT2D eigenvalue weighted by molar-refractivity contribution is 0.707. The quantitative estimate of drug-likeness (QED) is 0.555. The number of nitrogens with zero attached hydrogens (tertiary/aromatic N) is 2. The van der Waals surface area contributed by atoms with Crippen LogP contribution >= 0.6 is 0 Å². The van der Waals surface area contributed by atoms with Gasteiger partial charge in [-0.3, -0.25) is 0 Å². The lowest BCUT2D eigenvalue weighted by Gasteiger charge is -2.05. The maximum absolute atomic E-state index is 6.16. The van der Waals surface area contributed by atoms with Crippen molar-refractivity contribution in [3.63, 3.8) is 0 Å². The molecule has 3 nitrogen and oxygen atoms in total. The molecule has 17 heavy (non-hydrogen) atoms. The molecule has 1 rings (SSSR count). The molecule has 1 aromatic heterocycles. The van der Waals surface area contributed by atoms with Crippen molar-refractivity contribution in [3.8, 4) is 0 Å². The largest absolute Gasteiger partial charge is 0.384 e. The van der Waals surface area contributed by atoms with E-state index >= 15 is 0 Å². The predicted molar refractivity (Wildman–Crippen MR) is 74.1 cm³/mol. The third-order valence-electron chi connectivity index (χ3n) is 2.96. The third kappa shape index (κ3) is 3.62. The Labute approximate surface area is 105 Å². The van der Waals surface area contributed by atoms with Crippen LogP contribution in [0.1, 0.15) is 51.0 Å². The van der Waals surface area contributed by atoms with Crippen LogP contribution in [0.25, 0.3) is 0 Å². The van der Waals surface area contributed by atoms with Crippen LogP contribution < -0.4 is 5.73 Å². The Morgan fingerprint density at radius 2 is 2.00 bits per heavy atom. The highest BCUT2D eigenvalue weighted by Gasteiger charge is 2.12. The van der Waals surface area contributed by atoms with Crippen molar-refractivity contribution in [1.29, 1.82) is 0 Å². The van der Waals surface area contributed by atoms with Gasteiger partial charge < -0.3 is 10.3 Å². The molecular weight excluding hydrogens is 210 g/mol. The van der Waals surface area contributed by atoms with Gasteiger partial charge in [-0.05, 0) is 19.3 Å². The van der Waals surface area contributed by atoms with Gasteiger partial charge in [0.2, 0.25) is 0 Å². The van der Waals surface area contributed by atoms with Crippen molar-refractivity contribution >= 4 is 5.82 Å². The highest BCUT2D eigenvalue weighted by molar-refractivity contribution is 5.38. The van der Waals surface area contributed by atoms with Crippen LogP contribution in [0.5, 0.6) is 0 Å².